The SMILES string of the molecule is COC(=O)c1cc(C(=O)OC)cc(N2C(=O)CSC2c2ccc(Cl)cc2Cl)c1. The van der Waals surface area contributed by atoms with Gasteiger partial charge in [0.15, 0.2) is 0 Å². The minimum absolute atomic E-state index is 0.131. The highest BCUT2D eigenvalue weighted by Gasteiger charge is 2.36. The Labute approximate surface area is 175 Å². The molecular weight excluding hydrogens is 425 g/mol. The molecule has 1 fully saturated rings. The van der Waals surface area contributed by atoms with Crippen LogP contribution < -0.4 is 4.90 Å². The Morgan fingerprint density at radius 3 is 2.18 bits per heavy atom. The molecule has 1 unspecified atom stereocenters. The summed E-state index contributed by atoms with van der Waals surface area (Å²) in [6, 6.07) is 9.40. The van der Waals surface area contributed by atoms with Crippen molar-refractivity contribution in [1.29, 1.82) is 0 Å². The van der Waals surface area contributed by atoms with Crippen LogP contribution in [0.2, 0.25) is 10.0 Å². The summed E-state index contributed by atoms with van der Waals surface area (Å²) in [5.74, 6) is -1.22. The summed E-state index contributed by atoms with van der Waals surface area (Å²) >= 11 is 13.7. The fourth-order valence-electron chi connectivity index (χ4n) is 2.86. The number of halogens is 2. The lowest BCUT2D eigenvalue weighted by Gasteiger charge is -2.26. The second-order valence-electron chi connectivity index (χ2n) is 5.84. The van der Waals surface area contributed by atoms with E-state index in [0.29, 0.717) is 21.3 Å². The maximum absolute atomic E-state index is 12.6. The molecule has 28 heavy (non-hydrogen) atoms. The Kier molecular flexibility index (Phi) is 6.17. The van der Waals surface area contributed by atoms with Gasteiger partial charge in [-0.3, -0.25) is 9.69 Å². The first-order valence-corrected chi connectivity index (χ1v) is 9.86. The Hall–Kier alpha value is -2.22. The molecule has 0 spiro atoms. The van der Waals surface area contributed by atoms with Gasteiger partial charge in [-0.05, 0) is 30.3 Å². The smallest absolute Gasteiger partial charge is 0.337 e. The Balaban J connectivity index is 2.12. The molecule has 0 aromatic heterocycles. The molecule has 0 radical (unpaired) electrons. The molecule has 0 saturated carbocycles. The van der Waals surface area contributed by atoms with Crippen LogP contribution in [-0.2, 0) is 14.3 Å². The van der Waals surface area contributed by atoms with Gasteiger partial charge in [-0.15, -0.1) is 11.8 Å². The van der Waals surface area contributed by atoms with Crippen LogP contribution in [0.4, 0.5) is 5.69 Å². The van der Waals surface area contributed by atoms with E-state index >= 15 is 0 Å². The molecule has 1 saturated heterocycles. The number of ether oxygens (including phenoxy) is 2. The zero-order valence-electron chi connectivity index (χ0n) is 14.9. The lowest BCUT2D eigenvalue weighted by atomic mass is 10.1. The molecule has 2 aromatic rings. The number of carbonyl (C=O) groups is 3. The molecule has 2 aromatic carbocycles. The van der Waals surface area contributed by atoms with Crippen LogP contribution in [0.1, 0.15) is 31.7 Å². The number of methoxy groups -OCH3 is 2. The van der Waals surface area contributed by atoms with Gasteiger partial charge in [-0.2, -0.15) is 0 Å². The van der Waals surface area contributed by atoms with Gasteiger partial charge in [0.05, 0.1) is 31.1 Å². The molecular formula is C19H15Cl2NO5S. The molecule has 0 N–H and O–H groups in total. The van der Waals surface area contributed by atoms with Gasteiger partial charge >= 0.3 is 11.9 Å². The van der Waals surface area contributed by atoms with Gasteiger partial charge in [0.25, 0.3) is 0 Å². The van der Waals surface area contributed by atoms with Crippen LogP contribution in [0.25, 0.3) is 0 Å². The molecule has 9 heteroatoms. The van der Waals surface area contributed by atoms with E-state index in [9.17, 15) is 14.4 Å². The third kappa shape index (κ3) is 3.97. The average Bonchev–Trinajstić information content (AvgIpc) is 3.07. The third-order valence-electron chi connectivity index (χ3n) is 4.13. The number of esters is 2. The number of hydrogen-bond acceptors (Lipinski definition) is 6. The predicted molar refractivity (Wildman–Crippen MR) is 108 cm³/mol. The van der Waals surface area contributed by atoms with Crippen molar-refractivity contribution in [3.05, 3.63) is 63.1 Å². The molecule has 1 atom stereocenters. The van der Waals surface area contributed by atoms with E-state index in [2.05, 4.69) is 0 Å². The topological polar surface area (TPSA) is 72.9 Å². The number of thioether (sulfide) groups is 1. The fourth-order valence-corrected chi connectivity index (χ4v) is 4.65. The summed E-state index contributed by atoms with van der Waals surface area (Å²) in [6.07, 6.45) is 0. The van der Waals surface area contributed by atoms with E-state index in [0.717, 1.165) is 0 Å². The second-order valence-corrected chi connectivity index (χ2v) is 7.76. The molecule has 1 aliphatic heterocycles. The first kappa shape index (κ1) is 20.5. The molecule has 1 heterocycles. The summed E-state index contributed by atoms with van der Waals surface area (Å²) in [6.45, 7) is 0. The Morgan fingerprint density at radius 1 is 1.04 bits per heavy atom. The maximum Gasteiger partial charge on any atom is 0.337 e. The summed E-state index contributed by atoms with van der Waals surface area (Å²) in [7, 11) is 2.47. The number of nitrogens with zero attached hydrogens (tertiary/aromatic N) is 1. The summed E-state index contributed by atoms with van der Waals surface area (Å²) in [5, 5.41) is 0.466. The minimum atomic E-state index is -0.632. The van der Waals surface area contributed by atoms with Crippen LogP contribution in [-0.4, -0.2) is 37.8 Å². The summed E-state index contributed by atoms with van der Waals surface area (Å²) in [4.78, 5) is 38.2. The lowest BCUT2D eigenvalue weighted by molar-refractivity contribution is -0.115. The molecule has 1 aliphatic rings. The number of rotatable bonds is 4. The number of amides is 1. The highest BCUT2D eigenvalue weighted by atomic mass is 35.5. The molecule has 0 bridgehead atoms. The van der Waals surface area contributed by atoms with Crippen LogP contribution in [0.3, 0.4) is 0 Å². The Morgan fingerprint density at radius 2 is 1.64 bits per heavy atom. The van der Waals surface area contributed by atoms with Gasteiger partial charge in [-0.25, -0.2) is 9.59 Å². The van der Waals surface area contributed by atoms with Gasteiger partial charge in [0.1, 0.15) is 5.37 Å². The number of carbonyl (C=O) groups excluding carboxylic acids is 3. The molecule has 3 rings (SSSR count). The molecule has 6 nitrogen and oxygen atoms in total. The van der Waals surface area contributed by atoms with Gasteiger partial charge < -0.3 is 9.47 Å². The van der Waals surface area contributed by atoms with E-state index in [-0.39, 0.29) is 22.8 Å². The molecule has 0 aliphatic carbocycles. The van der Waals surface area contributed by atoms with Crippen molar-refractivity contribution in [2.75, 3.05) is 24.9 Å². The van der Waals surface area contributed by atoms with E-state index in [1.54, 1.807) is 18.2 Å². The van der Waals surface area contributed by atoms with Crippen molar-refractivity contribution < 1.29 is 23.9 Å². The zero-order chi connectivity index (χ0) is 20.4. The molecule has 1 amide bonds. The molecule has 146 valence electrons. The van der Waals surface area contributed by atoms with Crippen molar-refractivity contribution in [2.45, 2.75) is 5.37 Å². The fraction of sp³-hybridized carbons (Fsp3) is 0.211. The van der Waals surface area contributed by atoms with Crippen molar-refractivity contribution in [1.82, 2.24) is 0 Å². The van der Waals surface area contributed by atoms with Crippen molar-refractivity contribution in [3.63, 3.8) is 0 Å². The average molecular weight is 440 g/mol. The standard InChI is InChI=1S/C19H15Cl2NO5S/c1-26-18(24)10-5-11(19(25)27-2)7-13(6-10)22-16(23)9-28-17(22)14-4-3-12(20)8-15(14)21/h3-8,17H,9H2,1-2H3. The van der Waals surface area contributed by atoms with Crippen LogP contribution in [0, 0.1) is 0 Å². The second kappa shape index (κ2) is 8.43. The van der Waals surface area contributed by atoms with E-state index in [4.69, 9.17) is 32.7 Å². The summed E-state index contributed by atoms with van der Waals surface area (Å²) < 4.78 is 9.51. The monoisotopic (exact) mass is 439 g/mol. The predicted octanol–water partition coefficient (Wildman–Crippen LogP) is 4.35. The van der Waals surface area contributed by atoms with E-state index in [1.165, 1.54) is 49.1 Å². The quantitative estimate of drug-likeness (QED) is 0.659. The van der Waals surface area contributed by atoms with Gasteiger partial charge in [-0.1, -0.05) is 29.3 Å². The summed E-state index contributed by atoms with van der Waals surface area (Å²) in [5.41, 5.74) is 1.33. The van der Waals surface area contributed by atoms with Crippen molar-refractivity contribution in [3.8, 4) is 0 Å². The number of benzene rings is 2. The normalized spacial score (nSPS) is 16.2. The highest BCUT2D eigenvalue weighted by Crippen LogP contribution is 2.44. The van der Waals surface area contributed by atoms with Gasteiger partial charge in [0, 0.05) is 21.3 Å². The zero-order valence-corrected chi connectivity index (χ0v) is 17.2. The van der Waals surface area contributed by atoms with Crippen LogP contribution in [0.5, 0.6) is 0 Å². The van der Waals surface area contributed by atoms with Crippen molar-refractivity contribution in [2.24, 2.45) is 0 Å². The highest BCUT2D eigenvalue weighted by molar-refractivity contribution is 8.00. The van der Waals surface area contributed by atoms with Gasteiger partial charge in [0.2, 0.25) is 5.91 Å². The van der Waals surface area contributed by atoms with Crippen molar-refractivity contribution >= 4 is 58.5 Å². The first-order valence-electron chi connectivity index (χ1n) is 8.06. The third-order valence-corrected chi connectivity index (χ3v) is 5.89. The number of hydrogen-bond donors (Lipinski definition) is 0. The maximum atomic E-state index is 12.6. The van der Waals surface area contributed by atoms with Crippen LogP contribution in [0.15, 0.2) is 36.4 Å². The lowest BCUT2D eigenvalue weighted by Crippen LogP contribution is -2.28. The Bertz CT molecular complexity index is 931. The van der Waals surface area contributed by atoms with E-state index in [1.807, 2.05) is 0 Å². The minimum Gasteiger partial charge on any atom is -0.465 e. The first-order chi connectivity index (χ1) is 13.3. The largest absolute Gasteiger partial charge is 0.465 e. The van der Waals surface area contributed by atoms with E-state index < -0.39 is 17.3 Å². The van der Waals surface area contributed by atoms with Crippen LogP contribution >= 0.6 is 35.0 Å². The number of anilines is 1.